The van der Waals surface area contributed by atoms with Crippen LogP contribution in [0.3, 0.4) is 0 Å². The Bertz CT molecular complexity index is 281. The van der Waals surface area contributed by atoms with Crippen molar-refractivity contribution in [2.24, 2.45) is 5.92 Å². The minimum atomic E-state index is -0.863. The van der Waals surface area contributed by atoms with Gasteiger partial charge in [0.2, 0.25) is 0 Å². The van der Waals surface area contributed by atoms with E-state index in [-0.39, 0.29) is 11.9 Å². The SMILES string of the molecule is C#CC(C)(C)OC(=O)C(C)CCC#N. The van der Waals surface area contributed by atoms with Gasteiger partial charge in [-0.25, -0.2) is 0 Å². The maximum Gasteiger partial charge on any atom is 0.310 e. The van der Waals surface area contributed by atoms with E-state index >= 15 is 0 Å². The molecular weight excluding hydrogens is 178 g/mol. The highest BCUT2D eigenvalue weighted by atomic mass is 16.6. The molecule has 14 heavy (non-hydrogen) atoms. The Balaban J connectivity index is 4.11. The van der Waals surface area contributed by atoms with Gasteiger partial charge in [0.05, 0.1) is 12.0 Å². The van der Waals surface area contributed by atoms with E-state index in [1.807, 2.05) is 6.07 Å². The molecule has 0 heterocycles. The highest BCUT2D eigenvalue weighted by Gasteiger charge is 2.23. The van der Waals surface area contributed by atoms with Crippen LogP contribution >= 0.6 is 0 Å². The van der Waals surface area contributed by atoms with Gasteiger partial charge in [0.15, 0.2) is 5.60 Å². The number of carbonyl (C=O) groups is 1. The molecule has 0 fully saturated rings. The third kappa shape index (κ3) is 4.52. The Morgan fingerprint density at radius 3 is 2.64 bits per heavy atom. The summed E-state index contributed by atoms with van der Waals surface area (Å²) in [6, 6.07) is 1.98. The molecule has 0 aromatic carbocycles. The predicted octanol–water partition coefficient (Wildman–Crippen LogP) is 1.88. The topological polar surface area (TPSA) is 50.1 Å². The van der Waals surface area contributed by atoms with Crippen molar-refractivity contribution >= 4 is 5.97 Å². The molecule has 0 aromatic heterocycles. The van der Waals surface area contributed by atoms with Gasteiger partial charge in [-0.2, -0.15) is 5.26 Å². The van der Waals surface area contributed by atoms with Gasteiger partial charge in [0.25, 0.3) is 0 Å². The van der Waals surface area contributed by atoms with Crippen LogP contribution in [0.15, 0.2) is 0 Å². The Hall–Kier alpha value is -1.48. The largest absolute Gasteiger partial charge is 0.446 e. The number of rotatable bonds is 4. The van der Waals surface area contributed by atoms with Crippen molar-refractivity contribution in [2.75, 3.05) is 0 Å². The molecule has 3 heteroatoms. The van der Waals surface area contributed by atoms with Crippen molar-refractivity contribution in [3.63, 3.8) is 0 Å². The monoisotopic (exact) mass is 193 g/mol. The minimum absolute atomic E-state index is 0.276. The predicted molar refractivity (Wildman–Crippen MR) is 53.0 cm³/mol. The van der Waals surface area contributed by atoms with Crippen LogP contribution in [-0.2, 0) is 9.53 Å². The van der Waals surface area contributed by atoms with Crippen molar-refractivity contribution in [3.05, 3.63) is 0 Å². The standard InChI is InChI=1S/C11H15NO2/c1-5-11(3,4)14-10(13)9(2)7-6-8-12/h1,9H,6-7H2,2-4H3. The second-order valence-electron chi connectivity index (χ2n) is 3.67. The molecule has 3 nitrogen and oxygen atoms in total. The summed E-state index contributed by atoms with van der Waals surface area (Å²) in [4.78, 5) is 11.4. The zero-order chi connectivity index (χ0) is 11.2. The van der Waals surface area contributed by atoms with Crippen LogP contribution in [0.4, 0.5) is 0 Å². The van der Waals surface area contributed by atoms with Crippen LogP contribution in [0.2, 0.25) is 0 Å². The van der Waals surface area contributed by atoms with E-state index in [1.54, 1.807) is 20.8 Å². The fourth-order valence-corrected chi connectivity index (χ4v) is 0.780. The van der Waals surface area contributed by atoms with Crippen molar-refractivity contribution in [3.8, 4) is 18.4 Å². The normalized spacial score (nSPS) is 12.4. The lowest BCUT2D eigenvalue weighted by molar-refractivity contribution is -0.156. The first-order valence-corrected chi connectivity index (χ1v) is 4.50. The Labute approximate surface area is 85.1 Å². The van der Waals surface area contributed by atoms with Gasteiger partial charge >= 0.3 is 5.97 Å². The first-order valence-electron chi connectivity index (χ1n) is 4.50. The zero-order valence-electron chi connectivity index (χ0n) is 8.83. The summed E-state index contributed by atoms with van der Waals surface area (Å²) in [6.07, 6.45) is 6.04. The van der Waals surface area contributed by atoms with Crippen molar-refractivity contribution in [1.29, 1.82) is 5.26 Å². The minimum Gasteiger partial charge on any atom is -0.446 e. The van der Waals surface area contributed by atoms with Gasteiger partial charge < -0.3 is 4.74 Å². The lowest BCUT2D eigenvalue weighted by Crippen LogP contribution is -2.29. The van der Waals surface area contributed by atoms with Gasteiger partial charge in [-0.05, 0) is 20.3 Å². The fraction of sp³-hybridized carbons (Fsp3) is 0.636. The number of esters is 1. The molecule has 0 bridgehead atoms. The Kier molecular flexibility index (Phi) is 4.73. The summed E-state index contributed by atoms with van der Waals surface area (Å²) in [5.41, 5.74) is -0.863. The quantitative estimate of drug-likeness (QED) is 0.506. The number of carbonyl (C=O) groups excluding carboxylic acids is 1. The molecular formula is C11H15NO2. The molecule has 1 unspecified atom stereocenters. The molecule has 76 valence electrons. The fourth-order valence-electron chi connectivity index (χ4n) is 0.780. The third-order valence-electron chi connectivity index (χ3n) is 1.79. The first-order chi connectivity index (χ1) is 6.43. The number of hydrogen-bond donors (Lipinski definition) is 0. The summed E-state index contributed by atoms with van der Waals surface area (Å²) in [5, 5.41) is 8.34. The molecule has 1 atom stereocenters. The van der Waals surface area contributed by atoms with E-state index in [1.165, 1.54) is 0 Å². The van der Waals surface area contributed by atoms with Crippen LogP contribution in [0.1, 0.15) is 33.6 Å². The lowest BCUT2D eigenvalue weighted by Gasteiger charge is -2.20. The molecule has 0 saturated heterocycles. The summed E-state index contributed by atoms with van der Waals surface area (Å²) >= 11 is 0. The van der Waals surface area contributed by atoms with E-state index in [0.29, 0.717) is 12.8 Å². The highest BCUT2D eigenvalue weighted by Crippen LogP contribution is 2.14. The van der Waals surface area contributed by atoms with Gasteiger partial charge in [-0.3, -0.25) is 4.79 Å². The number of nitrogens with zero attached hydrogens (tertiary/aromatic N) is 1. The number of nitriles is 1. The molecule has 0 rings (SSSR count). The number of hydrogen-bond acceptors (Lipinski definition) is 3. The molecule has 0 saturated carbocycles. The maximum atomic E-state index is 11.4. The highest BCUT2D eigenvalue weighted by molar-refractivity contribution is 5.72. The molecule has 0 spiro atoms. The maximum absolute atomic E-state index is 11.4. The Morgan fingerprint density at radius 1 is 1.64 bits per heavy atom. The Morgan fingerprint density at radius 2 is 2.21 bits per heavy atom. The van der Waals surface area contributed by atoms with E-state index in [4.69, 9.17) is 16.4 Å². The summed E-state index contributed by atoms with van der Waals surface area (Å²) in [6.45, 7) is 5.04. The third-order valence-corrected chi connectivity index (χ3v) is 1.79. The van der Waals surface area contributed by atoms with Gasteiger partial charge in [0.1, 0.15) is 0 Å². The van der Waals surface area contributed by atoms with Gasteiger partial charge in [-0.15, -0.1) is 6.42 Å². The number of ether oxygens (including phenoxy) is 1. The van der Waals surface area contributed by atoms with E-state index in [0.717, 1.165) is 0 Å². The molecule has 0 aromatic rings. The van der Waals surface area contributed by atoms with E-state index < -0.39 is 5.60 Å². The van der Waals surface area contributed by atoms with Crippen LogP contribution < -0.4 is 0 Å². The second-order valence-corrected chi connectivity index (χ2v) is 3.67. The van der Waals surface area contributed by atoms with Gasteiger partial charge in [-0.1, -0.05) is 12.8 Å². The van der Waals surface area contributed by atoms with E-state index in [9.17, 15) is 4.79 Å². The first kappa shape index (κ1) is 12.5. The van der Waals surface area contributed by atoms with Crippen LogP contribution in [0.25, 0.3) is 0 Å². The molecule has 0 N–H and O–H groups in total. The van der Waals surface area contributed by atoms with Crippen LogP contribution in [-0.4, -0.2) is 11.6 Å². The van der Waals surface area contributed by atoms with Gasteiger partial charge in [0, 0.05) is 6.42 Å². The summed E-state index contributed by atoms with van der Waals surface area (Å²) in [5.74, 6) is 1.76. The summed E-state index contributed by atoms with van der Waals surface area (Å²) in [7, 11) is 0. The van der Waals surface area contributed by atoms with Crippen molar-refractivity contribution < 1.29 is 9.53 Å². The molecule has 0 aliphatic carbocycles. The van der Waals surface area contributed by atoms with Crippen molar-refractivity contribution in [2.45, 2.75) is 39.2 Å². The smallest absolute Gasteiger partial charge is 0.310 e. The second kappa shape index (κ2) is 5.29. The molecule has 0 radical (unpaired) electrons. The lowest BCUT2D eigenvalue weighted by atomic mass is 10.1. The molecule has 0 amide bonds. The van der Waals surface area contributed by atoms with Crippen molar-refractivity contribution in [1.82, 2.24) is 0 Å². The van der Waals surface area contributed by atoms with Crippen LogP contribution in [0, 0.1) is 29.6 Å². The average molecular weight is 193 g/mol. The number of terminal acetylenes is 1. The zero-order valence-corrected chi connectivity index (χ0v) is 8.83. The molecule has 0 aliphatic heterocycles. The summed E-state index contributed by atoms with van der Waals surface area (Å²) < 4.78 is 5.06. The van der Waals surface area contributed by atoms with E-state index in [2.05, 4.69) is 5.92 Å². The molecule has 0 aliphatic rings. The average Bonchev–Trinajstić information content (AvgIpc) is 2.13. The van der Waals surface area contributed by atoms with Crippen LogP contribution in [0.5, 0.6) is 0 Å².